The first-order valence-corrected chi connectivity index (χ1v) is 4.41. The van der Waals surface area contributed by atoms with Crippen molar-refractivity contribution in [3.63, 3.8) is 0 Å². The third-order valence-corrected chi connectivity index (χ3v) is 2.57. The minimum absolute atomic E-state index is 0.0488. The monoisotopic (exact) mass is 166 g/mol. The molecule has 66 valence electrons. The summed E-state index contributed by atoms with van der Waals surface area (Å²) < 4.78 is 2.07. The van der Waals surface area contributed by atoms with E-state index in [1.807, 2.05) is 6.20 Å². The molecule has 1 aliphatic carbocycles. The van der Waals surface area contributed by atoms with Crippen molar-refractivity contribution in [2.45, 2.75) is 26.5 Å². The van der Waals surface area contributed by atoms with E-state index in [0.717, 1.165) is 24.1 Å². The van der Waals surface area contributed by atoms with Crippen LogP contribution < -0.4 is 0 Å². The first-order chi connectivity index (χ1) is 5.79. The van der Waals surface area contributed by atoms with Crippen LogP contribution in [0.25, 0.3) is 0 Å². The molecule has 3 heteroatoms. The van der Waals surface area contributed by atoms with Crippen molar-refractivity contribution < 1.29 is 5.11 Å². The molecule has 1 aromatic heterocycles. The van der Waals surface area contributed by atoms with Crippen molar-refractivity contribution >= 4 is 0 Å². The molecule has 1 N–H and O–H groups in total. The molecule has 0 saturated heterocycles. The average molecular weight is 166 g/mol. The van der Waals surface area contributed by atoms with E-state index in [2.05, 4.69) is 16.5 Å². The van der Waals surface area contributed by atoms with Gasteiger partial charge in [-0.15, -0.1) is 0 Å². The fourth-order valence-corrected chi connectivity index (χ4v) is 1.51. The molecule has 0 amide bonds. The number of rotatable bonds is 3. The van der Waals surface area contributed by atoms with E-state index in [0.29, 0.717) is 0 Å². The van der Waals surface area contributed by atoms with Crippen molar-refractivity contribution in [1.29, 1.82) is 0 Å². The van der Waals surface area contributed by atoms with Gasteiger partial charge in [-0.3, -0.25) is 0 Å². The lowest BCUT2D eigenvalue weighted by atomic mass is 10.3. The van der Waals surface area contributed by atoms with Gasteiger partial charge in [0, 0.05) is 12.7 Å². The molecule has 1 fully saturated rings. The predicted molar refractivity (Wildman–Crippen MR) is 45.4 cm³/mol. The minimum Gasteiger partial charge on any atom is -0.390 e. The molecule has 1 aromatic rings. The highest BCUT2D eigenvalue weighted by molar-refractivity contribution is 4.95. The Bertz CT molecular complexity index is 269. The number of aliphatic hydroxyl groups excluding tert-OH is 1. The fourth-order valence-electron chi connectivity index (χ4n) is 1.51. The van der Waals surface area contributed by atoms with Crippen LogP contribution in [-0.4, -0.2) is 14.7 Å². The zero-order chi connectivity index (χ0) is 8.55. The lowest BCUT2D eigenvalue weighted by molar-refractivity contribution is 0.277. The highest BCUT2D eigenvalue weighted by atomic mass is 16.3. The summed E-state index contributed by atoms with van der Waals surface area (Å²) in [7, 11) is 0. The van der Waals surface area contributed by atoms with Crippen molar-refractivity contribution in [2.75, 3.05) is 0 Å². The van der Waals surface area contributed by atoms with Gasteiger partial charge in [0.05, 0.1) is 18.6 Å². The van der Waals surface area contributed by atoms with Crippen molar-refractivity contribution in [3.05, 3.63) is 18.2 Å². The number of imidazole rings is 1. The molecule has 1 aliphatic rings. The topological polar surface area (TPSA) is 38.0 Å². The van der Waals surface area contributed by atoms with Gasteiger partial charge in [0.2, 0.25) is 0 Å². The summed E-state index contributed by atoms with van der Waals surface area (Å²) in [6, 6.07) is 0. The molecule has 0 spiro atoms. The Morgan fingerprint density at radius 3 is 3.00 bits per heavy atom. The van der Waals surface area contributed by atoms with Crippen LogP contribution in [-0.2, 0) is 13.2 Å². The van der Waals surface area contributed by atoms with Gasteiger partial charge in [-0.2, -0.15) is 0 Å². The fraction of sp³-hybridized carbons (Fsp3) is 0.667. The third-order valence-electron chi connectivity index (χ3n) is 2.57. The van der Waals surface area contributed by atoms with E-state index in [1.54, 1.807) is 6.33 Å². The molecule has 2 atom stereocenters. The first-order valence-electron chi connectivity index (χ1n) is 4.41. The standard InChI is InChI=1S/C9H14N2O/c1-7-2-8(7)3-11-4-9(5-12)10-6-11/h4,6-8,12H,2-3,5H2,1H3. The molecule has 1 heterocycles. The smallest absolute Gasteiger partial charge is 0.0950 e. The van der Waals surface area contributed by atoms with E-state index >= 15 is 0 Å². The van der Waals surface area contributed by atoms with Gasteiger partial charge in [-0.25, -0.2) is 4.98 Å². The lowest BCUT2D eigenvalue weighted by Gasteiger charge is -1.97. The SMILES string of the molecule is CC1CC1Cn1cnc(CO)c1. The summed E-state index contributed by atoms with van der Waals surface area (Å²) in [6.07, 6.45) is 5.06. The summed E-state index contributed by atoms with van der Waals surface area (Å²) in [5.41, 5.74) is 0.767. The first kappa shape index (κ1) is 7.80. The van der Waals surface area contributed by atoms with Crippen LogP contribution in [0.4, 0.5) is 0 Å². The molecule has 0 aromatic carbocycles. The molecule has 0 bridgehead atoms. The van der Waals surface area contributed by atoms with Crippen LogP contribution in [0.15, 0.2) is 12.5 Å². The van der Waals surface area contributed by atoms with Gasteiger partial charge in [0.15, 0.2) is 0 Å². The van der Waals surface area contributed by atoms with Gasteiger partial charge < -0.3 is 9.67 Å². The van der Waals surface area contributed by atoms with E-state index in [4.69, 9.17) is 5.11 Å². The number of aliphatic hydroxyl groups is 1. The molecular formula is C9H14N2O. The summed E-state index contributed by atoms with van der Waals surface area (Å²) in [5, 5.41) is 8.78. The molecule has 3 nitrogen and oxygen atoms in total. The minimum atomic E-state index is 0.0488. The van der Waals surface area contributed by atoms with Crippen molar-refractivity contribution in [2.24, 2.45) is 11.8 Å². The van der Waals surface area contributed by atoms with Crippen LogP contribution in [0.3, 0.4) is 0 Å². The Balaban J connectivity index is 1.95. The summed E-state index contributed by atoms with van der Waals surface area (Å²) in [5.74, 6) is 1.72. The molecule has 2 unspecified atom stereocenters. The molecule has 0 radical (unpaired) electrons. The van der Waals surface area contributed by atoms with Crippen LogP contribution in [0.2, 0.25) is 0 Å². The van der Waals surface area contributed by atoms with Crippen LogP contribution in [0, 0.1) is 11.8 Å². The van der Waals surface area contributed by atoms with Gasteiger partial charge in [0.1, 0.15) is 0 Å². The molecule has 0 aliphatic heterocycles. The molecule has 2 rings (SSSR count). The van der Waals surface area contributed by atoms with Crippen LogP contribution in [0.1, 0.15) is 19.0 Å². The zero-order valence-corrected chi connectivity index (χ0v) is 7.27. The second-order valence-corrected chi connectivity index (χ2v) is 3.69. The van der Waals surface area contributed by atoms with E-state index in [9.17, 15) is 0 Å². The van der Waals surface area contributed by atoms with E-state index in [-0.39, 0.29) is 6.61 Å². The van der Waals surface area contributed by atoms with Gasteiger partial charge >= 0.3 is 0 Å². The van der Waals surface area contributed by atoms with Crippen molar-refractivity contribution in [1.82, 2.24) is 9.55 Å². The maximum absolute atomic E-state index is 8.78. The van der Waals surface area contributed by atoms with Crippen LogP contribution >= 0.6 is 0 Å². The third kappa shape index (κ3) is 1.50. The second-order valence-electron chi connectivity index (χ2n) is 3.69. The number of aromatic nitrogens is 2. The number of hydrogen-bond donors (Lipinski definition) is 1. The summed E-state index contributed by atoms with van der Waals surface area (Å²) in [4.78, 5) is 4.05. The average Bonchev–Trinajstić information content (AvgIpc) is 2.61. The quantitative estimate of drug-likeness (QED) is 0.728. The summed E-state index contributed by atoms with van der Waals surface area (Å²) in [6.45, 7) is 3.38. The maximum atomic E-state index is 8.78. The highest BCUT2D eigenvalue weighted by Crippen LogP contribution is 2.38. The molecular weight excluding hydrogens is 152 g/mol. The Morgan fingerprint density at radius 2 is 2.50 bits per heavy atom. The molecule has 12 heavy (non-hydrogen) atoms. The largest absolute Gasteiger partial charge is 0.390 e. The van der Waals surface area contributed by atoms with E-state index < -0.39 is 0 Å². The Labute approximate surface area is 72.0 Å². The number of nitrogens with zero attached hydrogens (tertiary/aromatic N) is 2. The van der Waals surface area contributed by atoms with Gasteiger partial charge in [0.25, 0.3) is 0 Å². The maximum Gasteiger partial charge on any atom is 0.0950 e. The van der Waals surface area contributed by atoms with Crippen molar-refractivity contribution in [3.8, 4) is 0 Å². The Hall–Kier alpha value is -0.830. The normalized spacial score (nSPS) is 27.5. The van der Waals surface area contributed by atoms with Gasteiger partial charge in [-0.1, -0.05) is 6.92 Å². The Morgan fingerprint density at radius 1 is 1.75 bits per heavy atom. The predicted octanol–water partition coefficient (Wildman–Crippen LogP) is 1.03. The second kappa shape index (κ2) is 2.90. The Kier molecular flexibility index (Phi) is 1.89. The van der Waals surface area contributed by atoms with Gasteiger partial charge in [-0.05, 0) is 18.3 Å². The molecule has 1 saturated carbocycles. The zero-order valence-electron chi connectivity index (χ0n) is 7.27. The lowest BCUT2D eigenvalue weighted by Crippen LogP contribution is -1.97. The van der Waals surface area contributed by atoms with E-state index in [1.165, 1.54) is 6.42 Å². The highest BCUT2D eigenvalue weighted by Gasteiger charge is 2.32. The van der Waals surface area contributed by atoms with Crippen LogP contribution in [0.5, 0.6) is 0 Å². The number of hydrogen-bond acceptors (Lipinski definition) is 2. The summed E-state index contributed by atoms with van der Waals surface area (Å²) >= 11 is 0.